The molecule has 2 amide bonds. The van der Waals surface area contributed by atoms with Crippen LogP contribution >= 0.6 is 0 Å². The molecule has 5 heteroatoms. The van der Waals surface area contributed by atoms with Gasteiger partial charge in [-0.3, -0.25) is 19.3 Å². The van der Waals surface area contributed by atoms with Gasteiger partial charge >= 0.3 is 5.97 Å². The smallest absolute Gasteiger partial charge is 0.305 e. The second-order valence-electron chi connectivity index (χ2n) is 7.22. The van der Waals surface area contributed by atoms with Gasteiger partial charge in [-0.1, -0.05) is 51.7 Å². The maximum absolute atomic E-state index is 12.3. The van der Waals surface area contributed by atoms with Gasteiger partial charge in [0.15, 0.2) is 0 Å². The third-order valence-electron chi connectivity index (χ3n) is 5.16. The maximum Gasteiger partial charge on any atom is 0.305 e. The fourth-order valence-electron chi connectivity index (χ4n) is 3.34. The lowest BCUT2D eigenvalue weighted by Crippen LogP contribution is -2.30. The molecule has 0 fully saturated rings. The summed E-state index contributed by atoms with van der Waals surface area (Å²) < 4.78 is 5.39. The number of fused-ring (bicyclic) bond motifs is 1. The van der Waals surface area contributed by atoms with Crippen molar-refractivity contribution in [3.8, 4) is 0 Å². The number of amides is 2. The summed E-state index contributed by atoms with van der Waals surface area (Å²) in [5.74, 6) is -0.117. The van der Waals surface area contributed by atoms with Gasteiger partial charge < -0.3 is 4.74 Å². The predicted octanol–water partition coefficient (Wildman–Crippen LogP) is 4.60. The molecule has 1 heterocycles. The van der Waals surface area contributed by atoms with E-state index < -0.39 is 0 Å². The number of imide groups is 1. The Kier molecular flexibility index (Phi) is 8.49. The van der Waals surface area contributed by atoms with E-state index in [0.717, 1.165) is 25.7 Å². The third kappa shape index (κ3) is 5.91. The Bertz CT molecular complexity index is 620. The molecule has 0 radical (unpaired) electrons. The average molecular weight is 373 g/mol. The number of carbonyl (C=O) groups excluding carboxylic acids is 3. The van der Waals surface area contributed by atoms with E-state index in [-0.39, 0.29) is 17.8 Å². The monoisotopic (exact) mass is 373 g/mol. The van der Waals surface area contributed by atoms with Gasteiger partial charge in [0.25, 0.3) is 11.8 Å². The van der Waals surface area contributed by atoms with E-state index in [1.807, 2.05) is 0 Å². The van der Waals surface area contributed by atoms with Gasteiger partial charge in [-0.15, -0.1) is 0 Å². The predicted molar refractivity (Wildman–Crippen MR) is 105 cm³/mol. The quantitative estimate of drug-likeness (QED) is 0.305. The fraction of sp³-hybridized carbons (Fsp3) is 0.591. The highest BCUT2D eigenvalue weighted by Gasteiger charge is 2.34. The average Bonchev–Trinajstić information content (AvgIpc) is 2.93. The van der Waals surface area contributed by atoms with Gasteiger partial charge in [0, 0.05) is 13.0 Å². The van der Waals surface area contributed by atoms with Crippen molar-refractivity contribution in [3.05, 3.63) is 35.4 Å². The second kappa shape index (κ2) is 10.9. The molecule has 1 aliphatic rings. The molecule has 0 aromatic heterocycles. The summed E-state index contributed by atoms with van der Waals surface area (Å²) in [4.78, 5) is 37.7. The minimum Gasteiger partial charge on any atom is -0.465 e. The Morgan fingerprint density at radius 2 is 1.67 bits per heavy atom. The number of hydrogen-bond acceptors (Lipinski definition) is 4. The van der Waals surface area contributed by atoms with Gasteiger partial charge in [-0.05, 0) is 37.3 Å². The van der Waals surface area contributed by atoms with Crippen LogP contribution in [-0.4, -0.2) is 35.8 Å². The Labute approximate surface area is 162 Å². The molecule has 0 bridgehead atoms. The van der Waals surface area contributed by atoms with Crippen LogP contribution in [0.25, 0.3) is 0 Å². The molecule has 0 N–H and O–H groups in total. The Hall–Kier alpha value is -2.17. The third-order valence-corrected chi connectivity index (χ3v) is 5.16. The van der Waals surface area contributed by atoms with E-state index in [9.17, 15) is 14.4 Å². The van der Waals surface area contributed by atoms with E-state index in [4.69, 9.17) is 4.74 Å². The highest BCUT2D eigenvalue weighted by molar-refractivity contribution is 6.21. The standard InChI is InChI=1S/C22H31NO4/c1-3-5-11-17(4-2)16-27-20(24)14-7-6-10-15-23-21(25)18-12-8-9-13-19(18)22(23)26/h8-9,12-13,17H,3-7,10-11,14-16H2,1-2H3. The zero-order valence-corrected chi connectivity index (χ0v) is 16.5. The van der Waals surface area contributed by atoms with Crippen molar-refractivity contribution in [1.29, 1.82) is 0 Å². The molecule has 0 saturated carbocycles. The van der Waals surface area contributed by atoms with Crippen molar-refractivity contribution in [3.63, 3.8) is 0 Å². The Balaban J connectivity index is 1.62. The van der Waals surface area contributed by atoms with Crippen LogP contribution in [0, 0.1) is 5.92 Å². The van der Waals surface area contributed by atoms with Crippen molar-refractivity contribution in [2.75, 3.05) is 13.2 Å². The maximum atomic E-state index is 12.3. The minimum absolute atomic E-state index is 0.148. The molecule has 0 spiro atoms. The first-order valence-electron chi connectivity index (χ1n) is 10.2. The number of carbonyl (C=O) groups is 3. The van der Waals surface area contributed by atoms with Gasteiger partial charge in [-0.25, -0.2) is 0 Å². The van der Waals surface area contributed by atoms with E-state index in [0.29, 0.717) is 49.5 Å². The Morgan fingerprint density at radius 1 is 1.00 bits per heavy atom. The molecular weight excluding hydrogens is 342 g/mol. The number of hydrogen-bond donors (Lipinski definition) is 0. The summed E-state index contributed by atoms with van der Waals surface area (Å²) in [6.45, 7) is 5.22. The van der Waals surface area contributed by atoms with Crippen LogP contribution in [0.4, 0.5) is 0 Å². The van der Waals surface area contributed by atoms with E-state index in [2.05, 4.69) is 13.8 Å². The topological polar surface area (TPSA) is 63.7 Å². The highest BCUT2D eigenvalue weighted by Crippen LogP contribution is 2.22. The van der Waals surface area contributed by atoms with E-state index in [1.165, 1.54) is 11.3 Å². The van der Waals surface area contributed by atoms with Crippen LogP contribution in [0.1, 0.15) is 85.9 Å². The summed E-state index contributed by atoms with van der Waals surface area (Å²) >= 11 is 0. The largest absolute Gasteiger partial charge is 0.465 e. The number of ether oxygens (including phenoxy) is 1. The molecule has 27 heavy (non-hydrogen) atoms. The molecule has 1 unspecified atom stereocenters. The second-order valence-corrected chi connectivity index (χ2v) is 7.22. The zero-order chi connectivity index (χ0) is 19.6. The zero-order valence-electron chi connectivity index (χ0n) is 16.5. The van der Waals surface area contributed by atoms with Gasteiger partial charge in [0.05, 0.1) is 17.7 Å². The fourth-order valence-corrected chi connectivity index (χ4v) is 3.34. The molecule has 0 aliphatic carbocycles. The molecule has 5 nitrogen and oxygen atoms in total. The molecule has 0 saturated heterocycles. The number of benzene rings is 1. The molecule has 2 rings (SSSR count). The number of nitrogens with zero attached hydrogens (tertiary/aromatic N) is 1. The lowest BCUT2D eigenvalue weighted by Gasteiger charge is -2.15. The van der Waals surface area contributed by atoms with Crippen LogP contribution in [-0.2, 0) is 9.53 Å². The number of esters is 1. The van der Waals surface area contributed by atoms with Crippen molar-refractivity contribution >= 4 is 17.8 Å². The summed E-state index contributed by atoms with van der Waals surface area (Å²) in [5.41, 5.74) is 0.972. The van der Waals surface area contributed by atoms with Crippen LogP contribution in [0.5, 0.6) is 0 Å². The molecule has 1 aromatic rings. The summed E-state index contributed by atoms with van der Waals surface area (Å²) in [6, 6.07) is 6.92. The number of unbranched alkanes of at least 4 members (excludes halogenated alkanes) is 3. The molecule has 1 aromatic carbocycles. The lowest BCUT2D eigenvalue weighted by atomic mass is 10.0. The molecule has 1 atom stereocenters. The van der Waals surface area contributed by atoms with E-state index in [1.54, 1.807) is 24.3 Å². The first-order chi connectivity index (χ1) is 13.1. The van der Waals surface area contributed by atoms with Crippen molar-refractivity contribution in [2.24, 2.45) is 5.92 Å². The normalized spacial score (nSPS) is 14.4. The van der Waals surface area contributed by atoms with E-state index >= 15 is 0 Å². The van der Waals surface area contributed by atoms with Gasteiger partial charge in [0.2, 0.25) is 0 Å². The SMILES string of the molecule is CCCCC(CC)COC(=O)CCCCCN1C(=O)c2ccccc2C1=O. The first-order valence-corrected chi connectivity index (χ1v) is 10.2. The van der Waals surface area contributed by atoms with Gasteiger partial charge in [-0.2, -0.15) is 0 Å². The molecule has 1 aliphatic heterocycles. The Morgan fingerprint density at radius 3 is 2.26 bits per heavy atom. The van der Waals surface area contributed by atoms with Gasteiger partial charge in [0.1, 0.15) is 0 Å². The summed E-state index contributed by atoms with van der Waals surface area (Å²) in [6.07, 6.45) is 7.09. The van der Waals surface area contributed by atoms with Crippen LogP contribution < -0.4 is 0 Å². The highest BCUT2D eigenvalue weighted by atomic mass is 16.5. The van der Waals surface area contributed by atoms with Crippen LogP contribution in [0.3, 0.4) is 0 Å². The minimum atomic E-state index is -0.215. The van der Waals surface area contributed by atoms with Crippen molar-refractivity contribution in [1.82, 2.24) is 4.90 Å². The molecule has 148 valence electrons. The van der Waals surface area contributed by atoms with Crippen LogP contribution in [0.15, 0.2) is 24.3 Å². The van der Waals surface area contributed by atoms with Crippen molar-refractivity contribution in [2.45, 2.75) is 65.2 Å². The number of rotatable bonds is 12. The lowest BCUT2D eigenvalue weighted by molar-refractivity contribution is -0.145. The summed E-state index contributed by atoms with van der Waals surface area (Å²) in [5, 5.41) is 0. The van der Waals surface area contributed by atoms with Crippen molar-refractivity contribution < 1.29 is 19.1 Å². The first kappa shape index (κ1) is 21.1. The summed E-state index contributed by atoms with van der Waals surface area (Å²) in [7, 11) is 0. The van der Waals surface area contributed by atoms with Crippen LogP contribution in [0.2, 0.25) is 0 Å². The molecular formula is C22H31NO4.